The van der Waals surface area contributed by atoms with E-state index in [1.165, 1.54) is 17.7 Å². The topological polar surface area (TPSA) is 12.0 Å². The van der Waals surface area contributed by atoms with Gasteiger partial charge >= 0.3 is 0 Å². The van der Waals surface area contributed by atoms with E-state index in [0.29, 0.717) is 9.50 Å². The number of hydrogen-bond acceptors (Lipinski definition) is 1. The van der Waals surface area contributed by atoms with Gasteiger partial charge in [0, 0.05) is 10.5 Å². The van der Waals surface area contributed by atoms with Gasteiger partial charge in [0.25, 0.3) is 0 Å². The van der Waals surface area contributed by atoms with Crippen molar-refractivity contribution >= 4 is 33.2 Å². The summed E-state index contributed by atoms with van der Waals surface area (Å²) in [6.45, 7) is 2.12. The Hall–Kier alpha value is -1.06. The largest absolute Gasteiger partial charge is 0.380 e. The van der Waals surface area contributed by atoms with Gasteiger partial charge in [-0.25, -0.2) is 4.39 Å². The fraction of sp³-hybridized carbons (Fsp3) is 0.250. The van der Waals surface area contributed by atoms with E-state index in [1.54, 1.807) is 0 Å². The summed E-state index contributed by atoms with van der Waals surface area (Å²) in [5, 5.41) is 3.79. The van der Waals surface area contributed by atoms with Gasteiger partial charge in [-0.15, -0.1) is 0 Å². The Morgan fingerprint density at radius 1 is 1.25 bits per heavy atom. The van der Waals surface area contributed by atoms with Crippen LogP contribution in [0.1, 0.15) is 18.9 Å². The predicted octanol–water partition coefficient (Wildman–Crippen LogP) is 5.67. The zero-order valence-corrected chi connectivity index (χ0v) is 13.5. The predicted molar refractivity (Wildman–Crippen MR) is 87.0 cm³/mol. The summed E-state index contributed by atoms with van der Waals surface area (Å²) < 4.78 is 13.9. The number of hydrogen-bond donors (Lipinski definition) is 1. The molecule has 2 aromatic carbocycles. The molecule has 2 rings (SSSR count). The number of anilines is 1. The molecule has 0 saturated carbocycles. The van der Waals surface area contributed by atoms with Crippen LogP contribution in [-0.4, -0.2) is 6.04 Å². The second kappa shape index (κ2) is 7.09. The minimum absolute atomic E-state index is 0.247. The van der Waals surface area contributed by atoms with Crippen LogP contribution in [0.15, 0.2) is 46.9 Å². The van der Waals surface area contributed by atoms with Gasteiger partial charge in [0.1, 0.15) is 5.82 Å². The normalized spacial score (nSPS) is 12.2. The maximum Gasteiger partial charge on any atom is 0.125 e. The van der Waals surface area contributed by atoms with Crippen molar-refractivity contribution in [3.8, 4) is 0 Å². The Morgan fingerprint density at radius 3 is 2.55 bits per heavy atom. The van der Waals surface area contributed by atoms with Gasteiger partial charge in [-0.3, -0.25) is 0 Å². The van der Waals surface area contributed by atoms with Crippen LogP contribution >= 0.6 is 27.5 Å². The van der Waals surface area contributed by atoms with Crippen molar-refractivity contribution in [1.82, 2.24) is 0 Å². The lowest BCUT2D eigenvalue weighted by atomic mass is 10.0. The van der Waals surface area contributed by atoms with E-state index in [2.05, 4.69) is 40.3 Å². The average molecular weight is 357 g/mol. The van der Waals surface area contributed by atoms with Crippen LogP contribution < -0.4 is 5.32 Å². The van der Waals surface area contributed by atoms with Gasteiger partial charge in [0.15, 0.2) is 0 Å². The molecule has 0 amide bonds. The zero-order valence-electron chi connectivity index (χ0n) is 11.2. The highest BCUT2D eigenvalue weighted by molar-refractivity contribution is 9.10. The molecule has 0 fully saturated rings. The number of rotatable bonds is 5. The van der Waals surface area contributed by atoms with Crippen LogP contribution in [0.4, 0.5) is 10.1 Å². The van der Waals surface area contributed by atoms with Gasteiger partial charge in [-0.05, 0) is 46.5 Å². The summed E-state index contributed by atoms with van der Waals surface area (Å²) in [7, 11) is 0. The van der Waals surface area contributed by atoms with Crippen molar-refractivity contribution in [3.05, 3.63) is 63.3 Å². The summed E-state index contributed by atoms with van der Waals surface area (Å²) in [5.41, 5.74) is 2.01. The van der Waals surface area contributed by atoms with Crippen LogP contribution in [0, 0.1) is 5.82 Å². The van der Waals surface area contributed by atoms with Crippen molar-refractivity contribution < 1.29 is 4.39 Å². The molecule has 1 N–H and O–H groups in total. The molecule has 0 heterocycles. The molecule has 1 unspecified atom stereocenters. The molecule has 0 saturated heterocycles. The summed E-state index contributed by atoms with van der Waals surface area (Å²) in [6.07, 6.45) is 1.85. The third kappa shape index (κ3) is 3.97. The molecule has 0 aliphatic rings. The van der Waals surface area contributed by atoms with E-state index in [0.717, 1.165) is 18.5 Å². The van der Waals surface area contributed by atoms with E-state index in [4.69, 9.17) is 11.6 Å². The van der Waals surface area contributed by atoms with Gasteiger partial charge in [-0.2, -0.15) is 0 Å². The molecule has 2 aromatic rings. The van der Waals surface area contributed by atoms with Crippen molar-refractivity contribution in [3.63, 3.8) is 0 Å². The van der Waals surface area contributed by atoms with Crippen molar-refractivity contribution in [2.75, 3.05) is 5.32 Å². The maximum atomic E-state index is 13.2. The number of benzene rings is 2. The average Bonchev–Trinajstić information content (AvgIpc) is 2.42. The van der Waals surface area contributed by atoms with Crippen LogP contribution in [0.5, 0.6) is 0 Å². The van der Waals surface area contributed by atoms with Gasteiger partial charge in [-0.1, -0.05) is 48.9 Å². The van der Waals surface area contributed by atoms with E-state index in [1.807, 2.05) is 18.2 Å². The van der Waals surface area contributed by atoms with Crippen LogP contribution in [0.2, 0.25) is 5.02 Å². The van der Waals surface area contributed by atoms with Gasteiger partial charge in [0.05, 0.1) is 10.7 Å². The molecule has 0 aliphatic heterocycles. The monoisotopic (exact) mass is 355 g/mol. The Bertz CT molecular complexity index is 551. The minimum Gasteiger partial charge on any atom is -0.380 e. The minimum atomic E-state index is -0.344. The lowest BCUT2D eigenvalue weighted by molar-refractivity contribution is 0.626. The third-order valence-corrected chi connectivity index (χ3v) is 4.10. The SMILES string of the molecule is CCC(Cc1ccccc1)Nc1c(Cl)cc(F)cc1Br. The Labute approximate surface area is 132 Å². The first-order valence-electron chi connectivity index (χ1n) is 6.55. The van der Waals surface area contributed by atoms with Gasteiger partial charge in [0.2, 0.25) is 0 Å². The quantitative estimate of drug-likeness (QED) is 0.727. The molecule has 0 aromatic heterocycles. The van der Waals surface area contributed by atoms with Crippen LogP contribution in [-0.2, 0) is 6.42 Å². The fourth-order valence-electron chi connectivity index (χ4n) is 2.08. The fourth-order valence-corrected chi connectivity index (χ4v) is 3.00. The van der Waals surface area contributed by atoms with Crippen LogP contribution in [0.25, 0.3) is 0 Å². The number of nitrogens with one attached hydrogen (secondary N) is 1. The smallest absolute Gasteiger partial charge is 0.125 e. The highest BCUT2D eigenvalue weighted by Gasteiger charge is 2.13. The van der Waals surface area contributed by atoms with E-state index < -0.39 is 0 Å². The lowest BCUT2D eigenvalue weighted by Gasteiger charge is -2.20. The van der Waals surface area contributed by atoms with Crippen molar-refractivity contribution in [2.24, 2.45) is 0 Å². The van der Waals surface area contributed by atoms with Crippen molar-refractivity contribution in [1.29, 1.82) is 0 Å². The Balaban J connectivity index is 2.15. The second-order valence-corrected chi connectivity index (χ2v) is 5.95. The first-order valence-corrected chi connectivity index (χ1v) is 7.72. The van der Waals surface area contributed by atoms with E-state index >= 15 is 0 Å². The van der Waals surface area contributed by atoms with E-state index in [9.17, 15) is 4.39 Å². The molecule has 4 heteroatoms. The molecule has 0 radical (unpaired) electrons. The van der Waals surface area contributed by atoms with Gasteiger partial charge < -0.3 is 5.32 Å². The van der Waals surface area contributed by atoms with E-state index in [-0.39, 0.29) is 11.9 Å². The molecular formula is C16H16BrClFN. The second-order valence-electron chi connectivity index (χ2n) is 4.68. The lowest BCUT2D eigenvalue weighted by Crippen LogP contribution is -2.21. The highest BCUT2D eigenvalue weighted by Crippen LogP contribution is 2.32. The Kier molecular flexibility index (Phi) is 5.44. The summed E-state index contributed by atoms with van der Waals surface area (Å²) in [6, 6.07) is 13.3. The summed E-state index contributed by atoms with van der Waals surface area (Å²) in [5.74, 6) is -0.344. The molecule has 0 spiro atoms. The third-order valence-electron chi connectivity index (χ3n) is 3.17. The molecular weight excluding hydrogens is 341 g/mol. The first kappa shape index (κ1) is 15.3. The summed E-state index contributed by atoms with van der Waals surface area (Å²) >= 11 is 9.46. The molecule has 1 nitrogen and oxygen atoms in total. The van der Waals surface area contributed by atoms with Crippen LogP contribution in [0.3, 0.4) is 0 Å². The molecule has 1 atom stereocenters. The molecule has 106 valence electrons. The first-order chi connectivity index (χ1) is 9.60. The highest BCUT2D eigenvalue weighted by atomic mass is 79.9. The molecule has 20 heavy (non-hydrogen) atoms. The Morgan fingerprint density at radius 2 is 1.95 bits per heavy atom. The summed E-state index contributed by atoms with van der Waals surface area (Å²) in [4.78, 5) is 0. The van der Waals surface area contributed by atoms with Crippen molar-refractivity contribution in [2.45, 2.75) is 25.8 Å². The maximum absolute atomic E-state index is 13.2. The standard InChI is InChI=1S/C16H16BrClFN/c1-2-13(8-11-6-4-3-5-7-11)20-16-14(17)9-12(19)10-15(16)18/h3-7,9-10,13,20H,2,8H2,1H3. The molecule has 0 aliphatic carbocycles. The zero-order chi connectivity index (χ0) is 14.5. The number of halogens is 3. The molecule has 0 bridgehead atoms.